The molecule has 4 aromatic carbocycles. The Labute approximate surface area is 315 Å². The van der Waals surface area contributed by atoms with Crippen LogP contribution in [-0.2, 0) is 19.1 Å². The average molecular weight is 733 g/mol. The van der Waals surface area contributed by atoms with Crippen LogP contribution in [0.4, 0.5) is 0 Å². The van der Waals surface area contributed by atoms with Gasteiger partial charge in [0.15, 0.2) is 0 Å². The third-order valence-electron chi connectivity index (χ3n) is 8.81. The Morgan fingerprint density at radius 1 is 0.519 bits per heavy atom. The molecular formula is C44H44O10. The molecule has 0 aromatic heterocycles. The minimum absolute atomic E-state index is 0.0241. The molecular weight excluding hydrogens is 688 g/mol. The molecule has 54 heavy (non-hydrogen) atoms. The van der Waals surface area contributed by atoms with Gasteiger partial charge >= 0.3 is 23.9 Å². The summed E-state index contributed by atoms with van der Waals surface area (Å²) in [5.41, 5.74) is 4.86. The first kappa shape index (κ1) is 39.1. The molecule has 0 fully saturated rings. The lowest BCUT2D eigenvalue weighted by Crippen LogP contribution is -2.09. The van der Waals surface area contributed by atoms with Crippen molar-refractivity contribution in [3.63, 3.8) is 0 Å². The van der Waals surface area contributed by atoms with Crippen LogP contribution >= 0.6 is 0 Å². The number of hydrogen-bond acceptors (Lipinski definition) is 10. The van der Waals surface area contributed by atoms with Crippen molar-refractivity contribution in [1.29, 1.82) is 0 Å². The monoisotopic (exact) mass is 732 g/mol. The Bertz CT molecular complexity index is 1950. The van der Waals surface area contributed by atoms with Crippen molar-refractivity contribution in [1.82, 2.24) is 0 Å². The number of esters is 4. The predicted molar refractivity (Wildman–Crippen MR) is 203 cm³/mol. The van der Waals surface area contributed by atoms with Crippen LogP contribution in [0.15, 0.2) is 110 Å². The summed E-state index contributed by atoms with van der Waals surface area (Å²) in [6.07, 6.45) is 7.19. The first-order valence-corrected chi connectivity index (χ1v) is 18.0. The van der Waals surface area contributed by atoms with Crippen LogP contribution in [0, 0.1) is 0 Å². The van der Waals surface area contributed by atoms with Crippen molar-refractivity contribution < 1.29 is 47.6 Å². The molecule has 1 atom stereocenters. The number of ether oxygens (including phenoxy) is 6. The fraction of sp³-hybridized carbons (Fsp3) is 0.273. The van der Waals surface area contributed by atoms with E-state index in [-0.39, 0.29) is 5.92 Å². The molecule has 0 spiro atoms. The zero-order valence-electron chi connectivity index (χ0n) is 30.4. The van der Waals surface area contributed by atoms with E-state index in [2.05, 4.69) is 20.1 Å². The van der Waals surface area contributed by atoms with Crippen LogP contribution in [-0.4, -0.2) is 50.3 Å². The van der Waals surface area contributed by atoms with E-state index in [1.165, 1.54) is 0 Å². The van der Waals surface area contributed by atoms with E-state index in [4.69, 9.17) is 28.4 Å². The van der Waals surface area contributed by atoms with Crippen molar-refractivity contribution in [2.24, 2.45) is 0 Å². The van der Waals surface area contributed by atoms with Crippen LogP contribution in [0.5, 0.6) is 23.0 Å². The van der Waals surface area contributed by atoms with Gasteiger partial charge in [-0.05, 0) is 134 Å². The maximum absolute atomic E-state index is 13.0. The van der Waals surface area contributed by atoms with Gasteiger partial charge in [0, 0.05) is 18.1 Å². The minimum atomic E-state index is -0.486. The fourth-order valence-electron chi connectivity index (χ4n) is 5.89. The number of rotatable bonds is 20. The Hall–Kier alpha value is -6.16. The second-order valence-electron chi connectivity index (χ2n) is 12.6. The molecule has 1 aliphatic carbocycles. The number of fused-ring (bicyclic) bond motifs is 3. The van der Waals surface area contributed by atoms with Gasteiger partial charge in [0.25, 0.3) is 0 Å². The summed E-state index contributed by atoms with van der Waals surface area (Å²) in [7, 11) is 0. The Morgan fingerprint density at radius 3 is 1.31 bits per heavy atom. The first-order valence-electron chi connectivity index (χ1n) is 18.0. The molecule has 280 valence electrons. The quantitative estimate of drug-likeness (QED) is 0.0377. The number of carbonyl (C=O) groups excluding carboxylic acids is 4. The molecule has 0 heterocycles. The van der Waals surface area contributed by atoms with Crippen LogP contribution in [0.2, 0.25) is 0 Å². The summed E-state index contributed by atoms with van der Waals surface area (Å²) in [5, 5.41) is 0. The van der Waals surface area contributed by atoms with Gasteiger partial charge in [-0.2, -0.15) is 0 Å². The highest BCUT2D eigenvalue weighted by Crippen LogP contribution is 2.47. The van der Waals surface area contributed by atoms with Gasteiger partial charge in [0.2, 0.25) is 0 Å². The van der Waals surface area contributed by atoms with Crippen molar-refractivity contribution in [3.8, 4) is 34.1 Å². The molecule has 10 heteroatoms. The van der Waals surface area contributed by atoms with E-state index >= 15 is 0 Å². The maximum Gasteiger partial charge on any atom is 0.343 e. The number of unbranched alkanes of at least 4 members (excludes halogenated alkanes) is 4. The number of hydrogen-bond donors (Lipinski definition) is 0. The standard InChI is InChI=1S/C44H44O10/c1-4-41(45)51-26-9-7-6-8-24-49-33-16-12-31(13-17-33)43(47)53-35-20-22-37-38-23-21-36(29-40(38)30(3)39(37)28-35)54-44(48)32-14-18-34(19-15-32)50-25-10-11-27-52-42(46)5-2/h4-5,12-23,28-30H,1-2,6-11,24-27H2,3H3. The van der Waals surface area contributed by atoms with Crippen LogP contribution < -0.4 is 18.9 Å². The smallest absolute Gasteiger partial charge is 0.343 e. The SMILES string of the molecule is C=CC(=O)OCCCCCCOc1ccc(C(=O)Oc2ccc3c(c2)C(C)c2cc(OC(=O)c4ccc(OCCCCOC(=O)C=C)cc4)ccc2-3)cc1. The topological polar surface area (TPSA) is 124 Å². The number of benzene rings is 4. The molecule has 0 saturated heterocycles. The normalized spacial score (nSPS) is 12.4. The molecule has 0 bridgehead atoms. The van der Waals surface area contributed by atoms with E-state index in [1.54, 1.807) is 60.7 Å². The van der Waals surface area contributed by atoms with Gasteiger partial charge in [-0.25, -0.2) is 19.2 Å². The van der Waals surface area contributed by atoms with Crippen molar-refractivity contribution >= 4 is 23.9 Å². The molecule has 0 aliphatic heterocycles. The van der Waals surface area contributed by atoms with Gasteiger partial charge < -0.3 is 28.4 Å². The van der Waals surface area contributed by atoms with E-state index < -0.39 is 23.9 Å². The first-order chi connectivity index (χ1) is 26.2. The summed E-state index contributed by atoms with van der Waals surface area (Å²) in [4.78, 5) is 48.1. The molecule has 0 saturated carbocycles. The van der Waals surface area contributed by atoms with Crippen molar-refractivity contribution in [3.05, 3.63) is 132 Å². The van der Waals surface area contributed by atoms with E-state index in [0.717, 1.165) is 60.1 Å². The molecule has 4 aromatic rings. The molecule has 0 N–H and O–H groups in total. The highest BCUT2D eigenvalue weighted by molar-refractivity contribution is 5.92. The summed E-state index contributed by atoms with van der Waals surface area (Å²) in [6, 6.07) is 24.8. The Morgan fingerprint density at radius 2 is 0.889 bits per heavy atom. The second kappa shape index (κ2) is 19.6. The van der Waals surface area contributed by atoms with Crippen LogP contribution in [0.1, 0.15) is 83.2 Å². The number of carbonyl (C=O) groups is 4. The van der Waals surface area contributed by atoms with Gasteiger partial charge in [-0.15, -0.1) is 0 Å². The average Bonchev–Trinajstić information content (AvgIpc) is 3.46. The molecule has 5 rings (SSSR count). The summed E-state index contributed by atoms with van der Waals surface area (Å²) in [5.74, 6) is 0.322. The van der Waals surface area contributed by atoms with E-state index in [9.17, 15) is 19.2 Å². The molecule has 10 nitrogen and oxygen atoms in total. The Balaban J connectivity index is 1.07. The van der Waals surface area contributed by atoms with Crippen LogP contribution in [0.3, 0.4) is 0 Å². The van der Waals surface area contributed by atoms with Gasteiger partial charge in [0.05, 0.1) is 37.6 Å². The zero-order valence-corrected chi connectivity index (χ0v) is 30.4. The van der Waals surface area contributed by atoms with Crippen molar-refractivity contribution in [2.45, 2.75) is 51.4 Å². The fourth-order valence-corrected chi connectivity index (χ4v) is 5.89. The van der Waals surface area contributed by atoms with Crippen LogP contribution in [0.25, 0.3) is 11.1 Å². The summed E-state index contributed by atoms with van der Waals surface area (Å²) >= 11 is 0. The maximum atomic E-state index is 13.0. The second-order valence-corrected chi connectivity index (χ2v) is 12.6. The largest absolute Gasteiger partial charge is 0.494 e. The molecule has 0 radical (unpaired) electrons. The lowest BCUT2D eigenvalue weighted by atomic mass is 9.99. The van der Waals surface area contributed by atoms with Gasteiger partial charge in [0.1, 0.15) is 23.0 Å². The summed E-state index contributed by atoms with van der Waals surface area (Å²) in [6.45, 7) is 10.5. The van der Waals surface area contributed by atoms with Crippen molar-refractivity contribution in [2.75, 3.05) is 26.4 Å². The summed E-state index contributed by atoms with van der Waals surface area (Å²) < 4.78 is 32.9. The van der Waals surface area contributed by atoms with Gasteiger partial charge in [-0.1, -0.05) is 32.2 Å². The zero-order chi connectivity index (χ0) is 38.3. The molecule has 0 amide bonds. The lowest BCUT2D eigenvalue weighted by molar-refractivity contribution is -0.138. The van der Waals surface area contributed by atoms with E-state index in [0.29, 0.717) is 73.4 Å². The minimum Gasteiger partial charge on any atom is -0.494 e. The molecule has 1 unspecified atom stereocenters. The third-order valence-corrected chi connectivity index (χ3v) is 8.81. The highest BCUT2D eigenvalue weighted by atomic mass is 16.5. The highest BCUT2D eigenvalue weighted by Gasteiger charge is 2.27. The third kappa shape index (κ3) is 10.9. The Kier molecular flexibility index (Phi) is 14.2. The predicted octanol–water partition coefficient (Wildman–Crippen LogP) is 8.81. The molecule has 1 aliphatic rings. The van der Waals surface area contributed by atoms with Gasteiger partial charge in [-0.3, -0.25) is 0 Å². The van der Waals surface area contributed by atoms with E-state index in [1.807, 2.05) is 24.3 Å². The lowest BCUT2D eigenvalue weighted by Gasteiger charge is -2.11.